The van der Waals surface area contributed by atoms with Crippen LogP contribution in [0, 0.1) is 0 Å². The number of amides is 1. The number of anilines is 2. The minimum atomic E-state index is -0.232. The molecule has 0 saturated carbocycles. The third-order valence-corrected chi connectivity index (χ3v) is 3.76. The van der Waals surface area contributed by atoms with Gasteiger partial charge >= 0.3 is 0 Å². The predicted molar refractivity (Wildman–Crippen MR) is 84.6 cm³/mol. The van der Waals surface area contributed by atoms with Crippen molar-refractivity contribution in [3.05, 3.63) is 53.1 Å². The Balaban J connectivity index is 1.83. The van der Waals surface area contributed by atoms with Crippen LogP contribution >= 0.6 is 11.6 Å². The lowest BCUT2D eigenvalue weighted by Gasteiger charge is -2.28. The van der Waals surface area contributed by atoms with Crippen LogP contribution in [0.4, 0.5) is 11.4 Å². The van der Waals surface area contributed by atoms with Crippen LogP contribution in [-0.2, 0) is 0 Å². The summed E-state index contributed by atoms with van der Waals surface area (Å²) in [6.07, 6.45) is 0. The number of carbonyl (C=O) groups excluding carboxylic acids is 1. The number of nitrogens with one attached hydrogen (secondary N) is 1. The van der Waals surface area contributed by atoms with E-state index >= 15 is 0 Å². The lowest BCUT2D eigenvalue weighted by atomic mass is 10.2. The molecule has 21 heavy (non-hydrogen) atoms. The van der Waals surface area contributed by atoms with Gasteiger partial charge in [0.25, 0.3) is 5.91 Å². The van der Waals surface area contributed by atoms with Crippen LogP contribution in [0.2, 0.25) is 5.02 Å². The van der Waals surface area contributed by atoms with Gasteiger partial charge < -0.3 is 15.0 Å². The summed E-state index contributed by atoms with van der Waals surface area (Å²) in [5.74, 6) is 0.547. The SMILES string of the molecule is CN1CCOc2cc(NC(=O)c3ccccc3Cl)ccc21. The Kier molecular flexibility index (Phi) is 3.71. The van der Waals surface area contributed by atoms with Gasteiger partial charge in [0.1, 0.15) is 12.4 Å². The van der Waals surface area contributed by atoms with Crippen LogP contribution in [0.3, 0.4) is 0 Å². The second-order valence-corrected chi connectivity index (χ2v) is 5.29. The molecule has 1 amide bonds. The van der Waals surface area contributed by atoms with E-state index in [9.17, 15) is 4.79 Å². The third kappa shape index (κ3) is 2.81. The highest BCUT2D eigenvalue weighted by Crippen LogP contribution is 2.33. The monoisotopic (exact) mass is 302 g/mol. The standard InChI is InChI=1S/C16H15ClN2O2/c1-19-8-9-21-15-10-11(6-7-14(15)19)18-16(20)12-4-2-3-5-13(12)17/h2-7,10H,8-9H2,1H3,(H,18,20). The maximum absolute atomic E-state index is 12.2. The van der Waals surface area contributed by atoms with Crippen molar-refractivity contribution in [2.75, 3.05) is 30.4 Å². The maximum atomic E-state index is 12.2. The van der Waals surface area contributed by atoms with Gasteiger partial charge in [0.2, 0.25) is 0 Å². The Labute approximate surface area is 128 Å². The molecule has 0 fully saturated rings. The van der Waals surface area contributed by atoms with Gasteiger partial charge in [-0.15, -0.1) is 0 Å². The van der Waals surface area contributed by atoms with E-state index in [1.165, 1.54) is 0 Å². The molecule has 1 heterocycles. The Bertz CT molecular complexity index is 688. The second kappa shape index (κ2) is 5.66. The van der Waals surface area contributed by atoms with Crippen molar-refractivity contribution in [1.82, 2.24) is 0 Å². The van der Waals surface area contributed by atoms with Gasteiger partial charge in [0, 0.05) is 18.8 Å². The van der Waals surface area contributed by atoms with Crippen molar-refractivity contribution in [2.45, 2.75) is 0 Å². The number of hydrogen-bond donors (Lipinski definition) is 1. The van der Waals surface area contributed by atoms with Crippen LogP contribution in [0.5, 0.6) is 5.75 Å². The number of nitrogens with zero attached hydrogens (tertiary/aromatic N) is 1. The third-order valence-electron chi connectivity index (χ3n) is 3.43. The first-order valence-electron chi connectivity index (χ1n) is 6.69. The summed E-state index contributed by atoms with van der Waals surface area (Å²) in [7, 11) is 2.02. The molecule has 0 aromatic heterocycles. The van der Waals surface area contributed by atoms with Crippen LogP contribution < -0.4 is 15.0 Å². The van der Waals surface area contributed by atoms with Gasteiger partial charge in [0.05, 0.1) is 22.8 Å². The second-order valence-electron chi connectivity index (χ2n) is 4.89. The van der Waals surface area contributed by atoms with E-state index in [2.05, 4.69) is 10.2 Å². The molecule has 0 spiro atoms. The fourth-order valence-electron chi connectivity index (χ4n) is 2.28. The highest BCUT2D eigenvalue weighted by molar-refractivity contribution is 6.34. The van der Waals surface area contributed by atoms with E-state index in [4.69, 9.17) is 16.3 Å². The Hall–Kier alpha value is -2.20. The van der Waals surface area contributed by atoms with Crippen molar-refractivity contribution in [2.24, 2.45) is 0 Å². The topological polar surface area (TPSA) is 41.6 Å². The summed E-state index contributed by atoms with van der Waals surface area (Å²) in [6.45, 7) is 1.50. The number of hydrogen-bond acceptors (Lipinski definition) is 3. The summed E-state index contributed by atoms with van der Waals surface area (Å²) >= 11 is 6.03. The van der Waals surface area contributed by atoms with Crippen molar-refractivity contribution in [3.63, 3.8) is 0 Å². The highest BCUT2D eigenvalue weighted by Gasteiger charge is 2.16. The van der Waals surface area contributed by atoms with E-state index in [-0.39, 0.29) is 5.91 Å². The largest absolute Gasteiger partial charge is 0.489 e. The summed E-state index contributed by atoms with van der Waals surface area (Å²) in [5.41, 5.74) is 2.17. The molecular weight excluding hydrogens is 288 g/mol. The molecule has 2 aromatic rings. The lowest BCUT2D eigenvalue weighted by Crippen LogP contribution is -2.28. The Morgan fingerprint density at radius 2 is 2.10 bits per heavy atom. The number of halogens is 1. The van der Waals surface area contributed by atoms with Crippen molar-refractivity contribution >= 4 is 28.9 Å². The molecule has 1 aliphatic rings. The van der Waals surface area contributed by atoms with E-state index < -0.39 is 0 Å². The molecule has 0 atom stereocenters. The quantitative estimate of drug-likeness (QED) is 0.924. The number of likely N-dealkylation sites (N-methyl/N-ethyl adjacent to an activating group) is 1. The van der Waals surface area contributed by atoms with E-state index in [1.54, 1.807) is 24.3 Å². The number of benzene rings is 2. The fraction of sp³-hybridized carbons (Fsp3) is 0.188. The van der Waals surface area contributed by atoms with Gasteiger partial charge in [0.15, 0.2) is 0 Å². The lowest BCUT2D eigenvalue weighted by molar-refractivity contribution is 0.102. The van der Waals surface area contributed by atoms with Gasteiger partial charge in [-0.25, -0.2) is 0 Å². The smallest absolute Gasteiger partial charge is 0.257 e. The average molecular weight is 303 g/mol. The molecule has 0 bridgehead atoms. The molecule has 0 aliphatic carbocycles. The minimum Gasteiger partial charge on any atom is -0.489 e. The van der Waals surface area contributed by atoms with E-state index in [1.807, 2.05) is 25.2 Å². The zero-order valence-electron chi connectivity index (χ0n) is 11.6. The molecule has 3 rings (SSSR count). The first-order chi connectivity index (χ1) is 10.1. The van der Waals surface area contributed by atoms with Gasteiger partial charge in [-0.05, 0) is 24.3 Å². The minimum absolute atomic E-state index is 0.232. The molecule has 2 aromatic carbocycles. The Morgan fingerprint density at radius 3 is 2.90 bits per heavy atom. The number of carbonyl (C=O) groups is 1. The van der Waals surface area contributed by atoms with Crippen molar-refractivity contribution in [1.29, 1.82) is 0 Å². The van der Waals surface area contributed by atoms with Gasteiger partial charge in [-0.1, -0.05) is 23.7 Å². The molecule has 0 radical (unpaired) electrons. The summed E-state index contributed by atoms with van der Waals surface area (Å²) < 4.78 is 5.63. The molecule has 1 aliphatic heterocycles. The van der Waals surface area contributed by atoms with Crippen LogP contribution in [-0.4, -0.2) is 26.1 Å². The first kappa shape index (κ1) is 13.8. The van der Waals surface area contributed by atoms with Crippen LogP contribution in [0.1, 0.15) is 10.4 Å². The number of rotatable bonds is 2. The molecule has 4 nitrogen and oxygen atoms in total. The highest BCUT2D eigenvalue weighted by atomic mass is 35.5. The van der Waals surface area contributed by atoms with Crippen molar-refractivity contribution in [3.8, 4) is 5.75 Å². The molecule has 0 saturated heterocycles. The molecule has 1 N–H and O–H groups in total. The van der Waals surface area contributed by atoms with E-state index in [0.717, 1.165) is 18.0 Å². The number of fused-ring (bicyclic) bond motifs is 1. The van der Waals surface area contributed by atoms with E-state index in [0.29, 0.717) is 22.9 Å². The number of ether oxygens (including phenoxy) is 1. The summed E-state index contributed by atoms with van der Waals surface area (Å²) in [5, 5.41) is 3.28. The molecule has 0 unspecified atom stereocenters. The van der Waals surface area contributed by atoms with Crippen LogP contribution in [0.25, 0.3) is 0 Å². The van der Waals surface area contributed by atoms with Gasteiger partial charge in [-0.3, -0.25) is 4.79 Å². The summed E-state index contributed by atoms with van der Waals surface area (Å²) in [6, 6.07) is 12.6. The maximum Gasteiger partial charge on any atom is 0.257 e. The van der Waals surface area contributed by atoms with Crippen molar-refractivity contribution < 1.29 is 9.53 Å². The first-order valence-corrected chi connectivity index (χ1v) is 7.07. The van der Waals surface area contributed by atoms with Gasteiger partial charge in [-0.2, -0.15) is 0 Å². The zero-order chi connectivity index (χ0) is 14.8. The zero-order valence-corrected chi connectivity index (χ0v) is 12.4. The predicted octanol–water partition coefficient (Wildman–Crippen LogP) is 3.42. The molecule has 5 heteroatoms. The fourth-order valence-corrected chi connectivity index (χ4v) is 2.50. The normalized spacial score (nSPS) is 13.3. The molecule has 108 valence electrons. The molecular formula is C16H15ClN2O2. The van der Waals surface area contributed by atoms with Crippen LogP contribution in [0.15, 0.2) is 42.5 Å². The summed E-state index contributed by atoms with van der Waals surface area (Å²) in [4.78, 5) is 14.3. The Morgan fingerprint density at radius 1 is 1.29 bits per heavy atom. The average Bonchev–Trinajstić information content (AvgIpc) is 2.48.